The van der Waals surface area contributed by atoms with Crippen LogP contribution in [0.1, 0.15) is 37.3 Å². The summed E-state index contributed by atoms with van der Waals surface area (Å²) in [5, 5.41) is 11.7. The molecule has 2 aromatic rings. The number of anilines is 1. The first kappa shape index (κ1) is 30.1. The van der Waals surface area contributed by atoms with E-state index in [9.17, 15) is 9.18 Å². The Morgan fingerprint density at radius 3 is 2.68 bits per heavy atom. The fourth-order valence-corrected chi connectivity index (χ4v) is 7.76. The number of aliphatic imine (C=N–C) groups is 1. The fraction of sp³-hybridized carbons (Fsp3) is 0.500. The molecule has 2 bridgehead atoms. The molecule has 9 nitrogen and oxygen atoms in total. The molecule has 4 aliphatic rings. The van der Waals surface area contributed by atoms with Crippen LogP contribution in [0.4, 0.5) is 14.9 Å². The van der Waals surface area contributed by atoms with Gasteiger partial charge in [-0.15, -0.1) is 0 Å². The van der Waals surface area contributed by atoms with E-state index in [-0.39, 0.29) is 23.8 Å². The van der Waals surface area contributed by atoms with Gasteiger partial charge in [0, 0.05) is 62.6 Å². The number of likely N-dealkylation sites (tertiary alicyclic amines) is 1. The summed E-state index contributed by atoms with van der Waals surface area (Å²) >= 11 is 0. The van der Waals surface area contributed by atoms with Crippen molar-refractivity contribution in [3.8, 4) is 6.07 Å². The maximum Gasteiger partial charge on any atom is 0.407 e. The summed E-state index contributed by atoms with van der Waals surface area (Å²) < 4.78 is 20.9. The molecule has 3 N–H and O–H groups in total. The van der Waals surface area contributed by atoms with Crippen LogP contribution >= 0.6 is 0 Å². The average molecular weight is 600 g/mol. The van der Waals surface area contributed by atoms with E-state index < -0.39 is 11.5 Å². The number of nitriles is 1. The van der Waals surface area contributed by atoms with Gasteiger partial charge in [-0.3, -0.25) is 4.99 Å². The summed E-state index contributed by atoms with van der Waals surface area (Å²) in [6.07, 6.45) is 3.98. The zero-order valence-electron chi connectivity index (χ0n) is 25.6. The van der Waals surface area contributed by atoms with E-state index in [1.54, 1.807) is 19.2 Å². The molecule has 2 fully saturated rings. The molecule has 0 unspecified atom stereocenters. The number of nitrogens with one attached hydrogen (secondary N) is 3. The monoisotopic (exact) mass is 599 g/mol. The minimum atomic E-state index is -0.544. The molecule has 0 aromatic heterocycles. The molecule has 0 radical (unpaired) electrons. The molecule has 3 atom stereocenters. The lowest BCUT2D eigenvalue weighted by Gasteiger charge is -2.50. The quantitative estimate of drug-likeness (QED) is 0.432. The number of ether oxygens (including phenoxy) is 1. The minimum absolute atomic E-state index is 0.141. The third-order valence-electron chi connectivity index (χ3n) is 10.0. The van der Waals surface area contributed by atoms with Crippen molar-refractivity contribution in [2.24, 2.45) is 22.7 Å². The van der Waals surface area contributed by atoms with Crippen LogP contribution < -0.4 is 21.1 Å². The topological polar surface area (TPSA) is 105 Å². The van der Waals surface area contributed by atoms with Crippen LogP contribution in [0.15, 0.2) is 65.2 Å². The van der Waals surface area contributed by atoms with E-state index in [0.717, 1.165) is 57.0 Å². The maximum atomic E-state index is 14.9. The zero-order chi connectivity index (χ0) is 30.7. The Labute approximate surface area is 259 Å². The van der Waals surface area contributed by atoms with Gasteiger partial charge in [-0.05, 0) is 80.7 Å². The van der Waals surface area contributed by atoms with Crippen molar-refractivity contribution in [1.82, 2.24) is 21.1 Å². The van der Waals surface area contributed by atoms with Gasteiger partial charge in [-0.2, -0.15) is 5.26 Å². The van der Waals surface area contributed by atoms with Crippen LogP contribution in [0.25, 0.3) is 0 Å². The van der Waals surface area contributed by atoms with Gasteiger partial charge in [0.25, 0.3) is 0 Å². The van der Waals surface area contributed by atoms with Gasteiger partial charge in [0.2, 0.25) is 0 Å². The van der Waals surface area contributed by atoms with Crippen LogP contribution in [0.5, 0.6) is 0 Å². The number of carbonyl (C=O) groups is 1. The van der Waals surface area contributed by atoms with Gasteiger partial charge in [0.1, 0.15) is 17.8 Å². The summed E-state index contributed by atoms with van der Waals surface area (Å²) in [5.41, 5.74) is 9.85. The van der Waals surface area contributed by atoms with Crippen molar-refractivity contribution in [1.29, 1.82) is 5.26 Å². The maximum absolute atomic E-state index is 14.9. The lowest BCUT2D eigenvalue weighted by Crippen LogP contribution is -2.55. The number of benzene rings is 2. The van der Waals surface area contributed by atoms with Crippen molar-refractivity contribution < 1.29 is 13.9 Å². The first-order chi connectivity index (χ1) is 21.4. The number of hydrazine groups is 1. The molecule has 0 spiro atoms. The number of hydrogen-bond donors (Lipinski definition) is 3. The predicted octanol–water partition coefficient (Wildman–Crippen LogP) is 3.98. The van der Waals surface area contributed by atoms with Crippen molar-refractivity contribution >= 4 is 17.6 Å². The molecule has 232 valence electrons. The lowest BCUT2D eigenvalue weighted by atomic mass is 9.59. The number of alkyl carbamates (subject to hydrolysis) is 1. The Kier molecular flexibility index (Phi) is 8.87. The van der Waals surface area contributed by atoms with Crippen LogP contribution in [0, 0.1) is 34.9 Å². The van der Waals surface area contributed by atoms with E-state index in [1.165, 1.54) is 17.3 Å². The van der Waals surface area contributed by atoms with Gasteiger partial charge < -0.3 is 25.3 Å². The molecule has 44 heavy (non-hydrogen) atoms. The number of rotatable bonds is 6. The molecular weight excluding hydrogens is 557 g/mol. The van der Waals surface area contributed by atoms with Gasteiger partial charge in [0.05, 0.1) is 18.2 Å². The number of piperidine rings is 1. The van der Waals surface area contributed by atoms with E-state index in [0.29, 0.717) is 31.0 Å². The van der Waals surface area contributed by atoms with Gasteiger partial charge in [0.15, 0.2) is 0 Å². The second kappa shape index (κ2) is 13.0. The lowest BCUT2D eigenvalue weighted by molar-refractivity contribution is 0.0241. The molecular formula is C34H42FN7O2. The summed E-state index contributed by atoms with van der Waals surface area (Å²) in [6.45, 7) is 8.02. The van der Waals surface area contributed by atoms with Crippen molar-refractivity contribution in [3.63, 3.8) is 0 Å². The van der Waals surface area contributed by atoms with Crippen LogP contribution in [0.3, 0.4) is 0 Å². The number of fused-ring (bicyclic) bond motifs is 1. The first-order valence-corrected chi connectivity index (χ1v) is 15.7. The highest BCUT2D eigenvalue weighted by Gasteiger charge is 2.52. The molecule has 1 amide bonds. The Bertz CT molecular complexity index is 1440. The van der Waals surface area contributed by atoms with Gasteiger partial charge in [-0.25, -0.2) is 14.6 Å². The SMILES string of the molecule is CNC(=O)O[C@H]1CC2=C[C@@H]1[C@](c1cccc(F)c1)(C1CCN(CC3CN(c4ccc(C#N)cc4)C3)CC1)CN=C(C)NNC2. The number of hydrogen-bond acceptors (Lipinski definition) is 8. The predicted molar refractivity (Wildman–Crippen MR) is 169 cm³/mol. The van der Waals surface area contributed by atoms with Crippen molar-refractivity contribution in [2.75, 3.05) is 57.8 Å². The smallest absolute Gasteiger partial charge is 0.407 e. The van der Waals surface area contributed by atoms with E-state index in [2.05, 4.69) is 38.1 Å². The first-order valence-electron chi connectivity index (χ1n) is 15.7. The Balaban J connectivity index is 1.22. The minimum Gasteiger partial charge on any atom is -0.445 e. The summed E-state index contributed by atoms with van der Waals surface area (Å²) in [6, 6.07) is 17.0. The summed E-state index contributed by atoms with van der Waals surface area (Å²) in [4.78, 5) is 22.5. The standard InChI is InChI=1S/C34H42FN7O2/c1-23-38-22-34(28-4-3-5-29(35)16-28,31-14-25(18-39-40-23)15-32(31)44-33(43)37-2)27-10-12-41(13-11-27)19-26-20-42(21-26)30-8-6-24(17-36)7-9-30/h3-9,14,16,26-27,31-32,39H,10-13,15,18-22H2,1-2H3,(H,37,43)(H,38,40)/t31-,32-,34-/m0/s1. The van der Waals surface area contributed by atoms with Crippen molar-refractivity contribution in [2.45, 2.75) is 37.7 Å². The Morgan fingerprint density at radius 2 is 1.98 bits per heavy atom. The van der Waals surface area contributed by atoms with Crippen LogP contribution in [-0.4, -0.2) is 75.8 Å². The highest BCUT2D eigenvalue weighted by atomic mass is 19.1. The number of carbonyl (C=O) groups excluding carboxylic acids is 1. The molecule has 10 heteroatoms. The molecule has 3 aliphatic heterocycles. The number of amides is 1. The molecule has 1 aliphatic carbocycles. The van der Waals surface area contributed by atoms with Crippen LogP contribution in [-0.2, 0) is 10.2 Å². The zero-order valence-corrected chi connectivity index (χ0v) is 25.6. The Hall–Kier alpha value is -3.94. The average Bonchev–Trinajstić information content (AvgIpc) is 3.41. The number of amidine groups is 1. The Morgan fingerprint density at radius 1 is 1.20 bits per heavy atom. The second-order valence-corrected chi connectivity index (χ2v) is 12.7. The number of nitrogens with zero attached hydrogens (tertiary/aromatic N) is 4. The van der Waals surface area contributed by atoms with Gasteiger partial charge >= 0.3 is 6.09 Å². The van der Waals surface area contributed by atoms with Crippen molar-refractivity contribution in [3.05, 3.63) is 77.1 Å². The molecule has 3 heterocycles. The second-order valence-electron chi connectivity index (χ2n) is 12.7. The summed E-state index contributed by atoms with van der Waals surface area (Å²) in [7, 11) is 1.58. The van der Waals surface area contributed by atoms with Crippen LogP contribution in [0.2, 0.25) is 0 Å². The van der Waals surface area contributed by atoms with E-state index >= 15 is 0 Å². The molecule has 6 rings (SSSR count). The highest BCUT2D eigenvalue weighted by molar-refractivity contribution is 5.79. The molecule has 0 saturated carbocycles. The molecule has 2 aromatic carbocycles. The third kappa shape index (κ3) is 6.17. The van der Waals surface area contributed by atoms with E-state index in [1.807, 2.05) is 37.3 Å². The fourth-order valence-electron chi connectivity index (χ4n) is 7.76. The molecule has 2 saturated heterocycles. The largest absolute Gasteiger partial charge is 0.445 e. The normalized spacial score (nSPS) is 26.5. The number of halogens is 1. The van der Waals surface area contributed by atoms with Gasteiger partial charge in [-0.1, -0.05) is 23.8 Å². The summed E-state index contributed by atoms with van der Waals surface area (Å²) in [5.74, 6) is 1.20. The van der Waals surface area contributed by atoms with E-state index in [4.69, 9.17) is 15.0 Å². The highest BCUT2D eigenvalue weighted by Crippen LogP contribution is 2.51. The third-order valence-corrected chi connectivity index (χ3v) is 10.0.